The van der Waals surface area contributed by atoms with Gasteiger partial charge in [-0.2, -0.15) is 0 Å². The fourth-order valence-corrected chi connectivity index (χ4v) is 3.34. The fraction of sp³-hybridized carbons (Fsp3) is 0.720. The minimum Gasteiger partial charge on any atom is -0.381 e. The summed E-state index contributed by atoms with van der Waals surface area (Å²) in [6.07, 6.45) is 23.0. The van der Waals surface area contributed by atoms with Gasteiger partial charge in [-0.05, 0) is 12.8 Å². The fourth-order valence-electron chi connectivity index (χ4n) is 3.34. The molecule has 0 aliphatic heterocycles. The van der Waals surface area contributed by atoms with E-state index in [1.54, 1.807) is 48.0 Å². The normalized spacial score (nSPS) is 10.7. The minimum absolute atomic E-state index is 0.162. The van der Waals surface area contributed by atoms with Gasteiger partial charge in [-0.15, -0.1) is 0 Å². The molecule has 0 atom stereocenters. The van der Waals surface area contributed by atoms with Crippen LogP contribution in [0.15, 0.2) is 24.8 Å². The molecule has 176 valence electrons. The van der Waals surface area contributed by atoms with Gasteiger partial charge in [0, 0.05) is 52.1 Å². The van der Waals surface area contributed by atoms with Crippen LogP contribution < -0.4 is 0 Å². The van der Waals surface area contributed by atoms with Crippen LogP contribution in [0.1, 0.15) is 107 Å². The van der Waals surface area contributed by atoms with E-state index in [1.165, 1.54) is 77.0 Å². The quantitative estimate of drug-likeness (QED) is 0.237. The Morgan fingerprint density at radius 3 is 1.45 bits per heavy atom. The van der Waals surface area contributed by atoms with Crippen LogP contribution in [0.3, 0.4) is 0 Å². The maximum absolute atomic E-state index is 11.8. The first-order valence-corrected chi connectivity index (χ1v) is 12.2. The van der Waals surface area contributed by atoms with Crippen molar-refractivity contribution in [1.29, 1.82) is 0 Å². The Bertz CT molecular complexity index is 637. The SMILES string of the molecule is CCCCCCCCOCCCCCCCC.Cn1ccnc1C(=O)c1nccn1C. The molecule has 0 bridgehead atoms. The van der Waals surface area contributed by atoms with Crippen LogP contribution in [0.25, 0.3) is 0 Å². The number of carbonyl (C=O) groups excluding carboxylic acids is 1. The zero-order valence-corrected chi connectivity index (χ0v) is 20.3. The Kier molecular flexibility index (Phi) is 15.5. The molecule has 0 saturated carbocycles. The predicted molar refractivity (Wildman–Crippen MR) is 127 cm³/mol. The van der Waals surface area contributed by atoms with Crippen LogP contribution >= 0.6 is 0 Å². The third-order valence-electron chi connectivity index (χ3n) is 5.33. The number of unbranched alkanes of at least 4 members (excludes halogenated alkanes) is 10. The average Bonchev–Trinajstić information content (AvgIpc) is 3.39. The van der Waals surface area contributed by atoms with Crippen LogP contribution in [0, 0.1) is 0 Å². The molecule has 0 unspecified atom stereocenters. The molecule has 2 heterocycles. The molecular weight excluding hydrogens is 388 g/mol. The van der Waals surface area contributed by atoms with Gasteiger partial charge in [0.15, 0.2) is 11.6 Å². The Labute approximate surface area is 189 Å². The van der Waals surface area contributed by atoms with Crippen molar-refractivity contribution >= 4 is 5.78 Å². The standard InChI is InChI=1S/C16H34O.C9H10N4O/c1-3-5-7-9-11-13-15-17-16-14-12-10-8-6-4-2;1-12-5-3-10-8(12)7(14)9-11-4-6-13(9)2/h3-16H2,1-2H3;3-6H,1-2H3. The summed E-state index contributed by atoms with van der Waals surface area (Å²) in [6.45, 7) is 6.51. The van der Waals surface area contributed by atoms with E-state index in [0.717, 1.165) is 13.2 Å². The number of ether oxygens (including phenoxy) is 1. The first-order chi connectivity index (χ1) is 15.1. The molecule has 0 aliphatic carbocycles. The summed E-state index contributed by atoms with van der Waals surface area (Å²) in [5.41, 5.74) is 0. The molecule has 0 aromatic carbocycles. The molecule has 0 fully saturated rings. The molecule has 2 rings (SSSR count). The number of aryl methyl sites for hydroxylation is 2. The highest BCUT2D eigenvalue weighted by molar-refractivity contribution is 6.04. The Morgan fingerprint density at radius 1 is 0.710 bits per heavy atom. The molecule has 2 aromatic rings. The molecule has 0 saturated heterocycles. The summed E-state index contributed by atoms with van der Waals surface area (Å²) in [7, 11) is 3.56. The minimum atomic E-state index is -0.162. The van der Waals surface area contributed by atoms with Gasteiger partial charge >= 0.3 is 0 Å². The predicted octanol–water partition coefficient (Wildman–Crippen LogP) is 6.11. The molecule has 6 nitrogen and oxygen atoms in total. The van der Waals surface area contributed by atoms with Crippen LogP contribution in [0.4, 0.5) is 0 Å². The molecule has 6 heteroatoms. The van der Waals surface area contributed by atoms with Gasteiger partial charge in [0.1, 0.15) is 0 Å². The maximum atomic E-state index is 11.8. The summed E-state index contributed by atoms with van der Waals surface area (Å²) in [4.78, 5) is 19.8. The topological polar surface area (TPSA) is 61.9 Å². The third-order valence-corrected chi connectivity index (χ3v) is 5.33. The van der Waals surface area contributed by atoms with E-state index in [-0.39, 0.29) is 5.78 Å². The van der Waals surface area contributed by atoms with E-state index in [1.807, 2.05) is 0 Å². The van der Waals surface area contributed by atoms with Crippen LogP contribution in [0.5, 0.6) is 0 Å². The van der Waals surface area contributed by atoms with Crippen LogP contribution in [0.2, 0.25) is 0 Å². The number of imidazole rings is 2. The van der Waals surface area contributed by atoms with E-state index in [0.29, 0.717) is 11.6 Å². The lowest BCUT2D eigenvalue weighted by Gasteiger charge is -2.04. The van der Waals surface area contributed by atoms with Gasteiger partial charge in [0.05, 0.1) is 0 Å². The maximum Gasteiger partial charge on any atom is 0.263 e. The Balaban J connectivity index is 0.000000314. The van der Waals surface area contributed by atoms with Gasteiger partial charge in [-0.1, -0.05) is 78.1 Å². The highest BCUT2D eigenvalue weighted by Gasteiger charge is 2.17. The van der Waals surface area contributed by atoms with Gasteiger partial charge < -0.3 is 13.9 Å². The van der Waals surface area contributed by atoms with Crippen molar-refractivity contribution < 1.29 is 9.53 Å². The molecule has 0 aliphatic rings. The highest BCUT2D eigenvalue weighted by atomic mass is 16.5. The second-order valence-electron chi connectivity index (χ2n) is 8.20. The van der Waals surface area contributed by atoms with E-state index < -0.39 is 0 Å². The summed E-state index contributed by atoms with van der Waals surface area (Å²) < 4.78 is 9.00. The zero-order chi connectivity index (χ0) is 22.7. The van der Waals surface area contributed by atoms with E-state index in [4.69, 9.17) is 4.74 Å². The number of hydrogen-bond acceptors (Lipinski definition) is 4. The van der Waals surface area contributed by atoms with Gasteiger partial charge in [0.2, 0.25) is 0 Å². The van der Waals surface area contributed by atoms with Crippen molar-refractivity contribution in [2.24, 2.45) is 14.1 Å². The van der Waals surface area contributed by atoms with E-state index in [2.05, 4.69) is 23.8 Å². The first kappa shape index (κ1) is 27.1. The third kappa shape index (κ3) is 11.9. The van der Waals surface area contributed by atoms with Crippen LogP contribution in [-0.4, -0.2) is 38.1 Å². The number of aromatic nitrogens is 4. The zero-order valence-electron chi connectivity index (χ0n) is 20.3. The van der Waals surface area contributed by atoms with E-state index in [9.17, 15) is 4.79 Å². The molecule has 31 heavy (non-hydrogen) atoms. The molecule has 0 radical (unpaired) electrons. The lowest BCUT2D eigenvalue weighted by atomic mass is 10.1. The number of rotatable bonds is 16. The summed E-state index contributed by atoms with van der Waals surface area (Å²) in [5.74, 6) is 0.642. The molecule has 0 amide bonds. The molecule has 0 N–H and O–H groups in total. The van der Waals surface area contributed by atoms with Crippen molar-refractivity contribution in [1.82, 2.24) is 19.1 Å². The smallest absolute Gasteiger partial charge is 0.263 e. The molecular formula is C25H44N4O2. The summed E-state index contributed by atoms with van der Waals surface area (Å²) >= 11 is 0. The Morgan fingerprint density at radius 2 is 1.10 bits per heavy atom. The van der Waals surface area contributed by atoms with Crippen molar-refractivity contribution in [2.45, 2.75) is 90.9 Å². The lowest BCUT2D eigenvalue weighted by molar-refractivity contribution is 0.101. The number of carbonyl (C=O) groups is 1. The van der Waals surface area contributed by atoms with Crippen molar-refractivity contribution in [2.75, 3.05) is 13.2 Å². The van der Waals surface area contributed by atoms with Gasteiger partial charge in [-0.3, -0.25) is 4.79 Å². The van der Waals surface area contributed by atoms with Gasteiger partial charge in [-0.25, -0.2) is 9.97 Å². The highest BCUT2D eigenvalue weighted by Crippen LogP contribution is 2.07. The second-order valence-corrected chi connectivity index (χ2v) is 8.20. The summed E-state index contributed by atoms with van der Waals surface area (Å²) in [5, 5.41) is 0. The number of hydrogen-bond donors (Lipinski definition) is 0. The monoisotopic (exact) mass is 432 g/mol. The van der Waals surface area contributed by atoms with Crippen molar-refractivity contribution in [3.63, 3.8) is 0 Å². The second kappa shape index (κ2) is 17.7. The largest absolute Gasteiger partial charge is 0.381 e. The average molecular weight is 433 g/mol. The first-order valence-electron chi connectivity index (χ1n) is 12.2. The van der Waals surface area contributed by atoms with E-state index >= 15 is 0 Å². The number of ketones is 1. The molecule has 0 spiro atoms. The summed E-state index contributed by atoms with van der Waals surface area (Å²) in [6, 6.07) is 0. The molecule has 2 aromatic heterocycles. The lowest BCUT2D eigenvalue weighted by Crippen LogP contribution is -2.13. The van der Waals surface area contributed by atoms with Crippen LogP contribution in [-0.2, 0) is 18.8 Å². The van der Waals surface area contributed by atoms with Gasteiger partial charge in [0.25, 0.3) is 5.78 Å². The number of nitrogens with zero attached hydrogens (tertiary/aromatic N) is 4. The van der Waals surface area contributed by atoms with Crippen molar-refractivity contribution in [3.05, 3.63) is 36.4 Å². The van der Waals surface area contributed by atoms with Crippen molar-refractivity contribution in [3.8, 4) is 0 Å². The Hall–Kier alpha value is -1.95.